The summed E-state index contributed by atoms with van der Waals surface area (Å²) >= 11 is 0. The number of likely N-dealkylation sites (tertiary alicyclic amines) is 1. The molecule has 1 fully saturated rings. The van der Waals surface area contributed by atoms with Gasteiger partial charge in [0.2, 0.25) is 5.91 Å². The zero-order chi connectivity index (χ0) is 26.7. The number of aryl methyl sites for hydroxylation is 1. The highest BCUT2D eigenvalue weighted by molar-refractivity contribution is 7.90. The molecule has 2 amide bonds. The number of benzene rings is 2. The average Bonchev–Trinajstić information content (AvgIpc) is 2.82. The Hall–Kier alpha value is -2.94. The van der Waals surface area contributed by atoms with Crippen molar-refractivity contribution in [2.45, 2.75) is 63.4 Å². The maximum absolute atomic E-state index is 14.3. The number of rotatable bonds is 8. The SMILES string of the molecule is CCc1ccc(F)c(C(=O)NC(C(=O)N2CCC(C)(Nc3ccc(S(C)(=O)=O)cc3)CC2)C(C)C)c1. The highest BCUT2D eigenvalue weighted by Gasteiger charge is 2.36. The number of anilines is 1. The zero-order valence-electron chi connectivity index (χ0n) is 21.6. The molecule has 36 heavy (non-hydrogen) atoms. The van der Waals surface area contributed by atoms with Crippen molar-refractivity contribution >= 4 is 27.3 Å². The number of carbonyl (C=O) groups is 2. The van der Waals surface area contributed by atoms with Crippen molar-refractivity contribution in [1.82, 2.24) is 10.2 Å². The Labute approximate surface area is 213 Å². The first-order valence-corrected chi connectivity index (χ1v) is 14.2. The van der Waals surface area contributed by atoms with Gasteiger partial charge in [-0.3, -0.25) is 9.59 Å². The molecule has 1 aliphatic rings. The summed E-state index contributed by atoms with van der Waals surface area (Å²) in [5, 5.41) is 6.24. The molecule has 0 bridgehead atoms. The molecule has 0 aliphatic carbocycles. The third-order valence-electron chi connectivity index (χ3n) is 6.81. The van der Waals surface area contributed by atoms with Gasteiger partial charge in [0, 0.05) is 30.6 Å². The molecule has 9 heteroatoms. The van der Waals surface area contributed by atoms with E-state index in [9.17, 15) is 22.4 Å². The van der Waals surface area contributed by atoms with E-state index in [1.54, 1.807) is 35.2 Å². The van der Waals surface area contributed by atoms with Crippen molar-refractivity contribution in [3.8, 4) is 0 Å². The van der Waals surface area contributed by atoms with Gasteiger partial charge < -0.3 is 15.5 Å². The molecule has 196 valence electrons. The molecule has 0 aromatic heterocycles. The summed E-state index contributed by atoms with van der Waals surface area (Å²) in [4.78, 5) is 28.2. The maximum Gasteiger partial charge on any atom is 0.254 e. The van der Waals surface area contributed by atoms with Crippen LogP contribution in [0.4, 0.5) is 10.1 Å². The van der Waals surface area contributed by atoms with E-state index < -0.39 is 27.6 Å². The van der Waals surface area contributed by atoms with Crippen LogP contribution in [-0.4, -0.2) is 56.1 Å². The van der Waals surface area contributed by atoms with E-state index in [1.165, 1.54) is 18.4 Å². The lowest BCUT2D eigenvalue weighted by atomic mass is 9.88. The Morgan fingerprint density at radius 1 is 1.08 bits per heavy atom. The van der Waals surface area contributed by atoms with E-state index >= 15 is 0 Å². The molecule has 0 radical (unpaired) electrons. The van der Waals surface area contributed by atoms with Gasteiger partial charge in [0.1, 0.15) is 11.9 Å². The normalized spacial score (nSPS) is 16.5. The van der Waals surface area contributed by atoms with Crippen LogP contribution in [0.3, 0.4) is 0 Å². The number of nitrogens with one attached hydrogen (secondary N) is 2. The fourth-order valence-corrected chi connectivity index (χ4v) is 5.01. The summed E-state index contributed by atoms with van der Waals surface area (Å²) in [6.45, 7) is 8.73. The molecule has 1 heterocycles. The van der Waals surface area contributed by atoms with Crippen molar-refractivity contribution < 1.29 is 22.4 Å². The molecule has 1 saturated heterocycles. The Bertz CT molecular complexity index is 1200. The number of piperidine rings is 1. The molecule has 1 unspecified atom stereocenters. The second kappa shape index (κ2) is 11.0. The fraction of sp³-hybridized carbons (Fsp3) is 0.481. The van der Waals surface area contributed by atoms with Crippen LogP contribution in [-0.2, 0) is 21.1 Å². The monoisotopic (exact) mass is 517 g/mol. The van der Waals surface area contributed by atoms with Gasteiger partial charge in [-0.05, 0) is 74.1 Å². The third kappa shape index (κ3) is 6.63. The van der Waals surface area contributed by atoms with Crippen LogP contribution in [0, 0.1) is 11.7 Å². The van der Waals surface area contributed by atoms with Crippen LogP contribution in [0.5, 0.6) is 0 Å². The van der Waals surface area contributed by atoms with Crippen molar-refractivity contribution in [2.75, 3.05) is 24.7 Å². The molecule has 7 nitrogen and oxygen atoms in total. The molecule has 0 saturated carbocycles. The Morgan fingerprint density at radius 3 is 2.22 bits per heavy atom. The number of nitrogens with zero attached hydrogens (tertiary/aromatic N) is 1. The Kier molecular flexibility index (Phi) is 8.44. The summed E-state index contributed by atoms with van der Waals surface area (Å²) in [5.41, 5.74) is 1.34. The first-order chi connectivity index (χ1) is 16.8. The van der Waals surface area contributed by atoms with Gasteiger partial charge >= 0.3 is 0 Å². The lowest BCUT2D eigenvalue weighted by Crippen LogP contribution is -2.56. The number of hydrogen-bond donors (Lipinski definition) is 2. The minimum atomic E-state index is -3.26. The van der Waals surface area contributed by atoms with Gasteiger partial charge in [-0.15, -0.1) is 0 Å². The summed E-state index contributed by atoms with van der Waals surface area (Å²) in [6.07, 6.45) is 3.21. The Morgan fingerprint density at radius 2 is 1.69 bits per heavy atom. The van der Waals surface area contributed by atoms with Crippen LogP contribution in [0.2, 0.25) is 0 Å². The predicted octanol–water partition coefficient (Wildman–Crippen LogP) is 4.04. The predicted molar refractivity (Wildman–Crippen MR) is 139 cm³/mol. The van der Waals surface area contributed by atoms with Crippen molar-refractivity contribution in [3.05, 3.63) is 59.4 Å². The minimum Gasteiger partial charge on any atom is -0.380 e. The molecule has 1 atom stereocenters. The Balaban J connectivity index is 1.64. The summed E-state index contributed by atoms with van der Waals surface area (Å²) in [6, 6.07) is 10.4. The van der Waals surface area contributed by atoms with Gasteiger partial charge in [0.25, 0.3) is 5.91 Å². The standard InChI is InChI=1S/C27H36FN3O4S/c1-6-19-7-12-23(28)22(17-19)25(32)29-24(18(2)3)26(33)31-15-13-27(4,14-16-31)30-20-8-10-21(11-9-20)36(5,34)35/h7-12,17-18,24,30H,6,13-16H2,1-5H3,(H,29,32). The van der Waals surface area contributed by atoms with Crippen molar-refractivity contribution in [2.24, 2.45) is 5.92 Å². The zero-order valence-corrected chi connectivity index (χ0v) is 22.4. The quantitative estimate of drug-likeness (QED) is 0.551. The first-order valence-electron chi connectivity index (χ1n) is 12.3. The topological polar surface area (TPSA) is 95.6 Å². The summed E-state index contributed by atoms with van der Waals surface area (Å²) < 4.78 is 37.7. The van der Waals surface area contributed by atoms with Crippen LogP contribution < -0.4 is 10.6 Å². The maximum atomic E-state index is 14.3. The van der Waals surface area contributed by atoms with E-state index in [4.69, 9.17) is 0 Å². The van der Waals surface area contributed by atoms with Crippen LogP contribution in [0.15, 0.2) is 47.4 Å². The number of hydrogen-bond acceptors (Lipinski definition) is 5. The second-order valence-corrected chi connectivity index (χ2v) is 12.2. The van der Waals surface area contributed by atoms with Gasteiger partial charge in [-0.2, -0.15) is 0 Å². The van der Waals surface area contributed by atoms with Crippen LogP contribution >= 0.6 is 0 Å². The highest BCUT2D eigenvalue weighted by Crippen LogP contribution is 2.28. The number of halogens is 1. The smallest absolute Gasteiger partial charge is 0.254 e. The lowest BCUT2D eigenvalue weighted by Gasteiger charge is -2.42. The lowest BCUT2D eigenvalue weighted by molar-refractivity contribution is -0.135. The van der Waals surface area contributed by atoms with Crippen LogP contribution in [0.25, 0.3) is 0 Å². The largest absolute Gasteiger partial charge is 0.380 e. The molecular formula is C27H36FN3O4S. The number of carbonyl (C=O) groups excluding carboxylic acids is 2. The fourth-order valence-electron chi connectivity index (χ4n) is 4.38. The molecule has 2 aromatic carbocycles. The van der Waals surface area contributed by atoms with Gasteiger partial charge in [0.15, 0.2) is 9.84 Å². The molecule has 2 N–H and O–H groups in total. The number of amides is 2. The average molecular weight is 518 g/mol. The summed E-state index contributed by atoms with van der Waals surface area (Å²) in [7, 11) is -3.26. The van der Waals surface area contributed by atoms with E-state index in [0.717, 1.165) is 11.3 Å². The second-order valence-electron chi connectivity index (χ2n) is 10.2. The molecule has 0 spiro atoms. The van der Waals surface area contributed by atoms with Gasteiger partial charge in [0.05, 0.1) is 10.5 Å². The van der Waals surface area contributed by atoms with Crippen molar-refractivity contribution in [3.63, 3.8) is 0 Å². The van der Waals surface area contributed by atoms with Crippen molar-refractivity contribution in [1.29, 1.82) is 0 Å². The molecule has 1 aliphatic heterocycles. The molecule has 3 rings (SSSR count). The van der Waals surface area contributed by atoms with E-state index in [0.29, 0.717) is 32.4 Å². The number of sulfone groups is 1. The third-order valence-corrected chi connectivity index (χ3v) is 7.94. The van der Waals surface area contributed by atoms with E-state index in [2.05, 4.69) is 17.6 Å². The summed E-state index contributed by atoms with van der Waals surface area (Å²) in [5.74, 6) is -1.54. The first kappa shape index (κ1) is 27.6. The van der Waals surface area contributed by atoms with Gasteiger partial charge in [-0.25, -0.2) is 12.8 Å². The van der Waals surface area contributed by atoms with E-state index in [1.807, 2.05) is 20.8 Å². The molecular weight excluding hydrogens is 481 g/mol. The van der Waals surface area contributed by atoms with E-state index in [-0.39, 0.29) is 27.8 Å². The highest BCUT2D eigenvalue weighted by atomic mass is 32.2. The van der Waals surface area contributed by atoms with Crippen LogP contribution in [0.1, 0.15) is 56.5 Å². The minimum absolute atomic E-state index is 0.0508. The molecule has 2 aromatic rings. The van der Waals surface area contributed by atoms with Gasteiger partial charge in [-0.1, -0.05) is 26.8 Å².